The van der Waals surface area contributed by atoms with E-state index in [0.29, 0.717) is 16.5 Å². The molecule has 3 heterocycles. The Bertz CT molecular complexity index is 1120. The fourth-order valence-electron chi connectivity index (χ4n) is 4.72. The first-order valence-electron chi connectivity index (χ1n) is 10.9. The molecule has 2 fully saturated rings. The smallest absolute Gasteiger partial charge is 0.325 e. The van der Waals surface area contributed by atoms with Crippen molar-refractivity contribution in [3.63, 3.8) is 0 Å². The van der Waals surface area contributed by atoms with Crippen LogP contribution in [-0.2, 0) is 22.4 Å². The summed E-state index contributed by atoms with van der Waals surface area (Å²) >= 11 is 1.40. The van der Waals surface area contributed by atoms with Crippen LogP contribution in [0.3, 0.4) is 0 Å². The van der Waals surface area contributed by atoms with Crippen LogP contribution < -0.4 is 10.6 Å². The van der Waals surface area contributed by atoms with Crippen LogP contribution in [0.1, 0.15) is 59.7 Å². The molecule has 2 aromatic rings. The summed E-state index contributed by atoms with van der Waals surface area (Å²) in [4.78, 5) is 53.3. The van der Waals surface area contributed by atoms with Crippen LogP contribution in [0.2, 0.25) is 0 Å². The molecule has 1 saturated carbocycles. The summed E-state index contributed by atoms with van der Waals surface area (Å²) in [6.45, 7) is 3.50. The largest absolute Gasteiger partial charge is 0.461 e. The summed E-state index contributed by atoms with van der Waals surface area (Å²) in [6.07, 6.45) is 5.80. The van der Waals surface area contributed by atoms with E-state index in [9.17, 15) is 19.2 Å². The van der Waals surface area contributed by atoms with Gasteiger partial charge < -0.3 is 15.1 Å². The monoisotopic (exact) mass is 455 g/mol. The number of carbonyl (C=O) groups excluding carboxylic acids is 4. The lowest BCUT2D eigenvalue weighted by molar-refractivity contribution is -0.134. The number of urea groups is 1. The van der Waals surface area contributed by atoms with Gasteiger partial charge in [-0.25, -0.2) is 4.79 Å². The van der Waals surface area contributed by atoms with Crippen molar-refractivity contribution in [2.45, 2.75) is 51.5 Å². The molecule has 2 unspecified atom stereocenters. The second-order valence-corrected chi connectivity index (χ2v) is 10.3. The molecule has 2 aromatic heterocycles. The molecule has 168 valence electrons. The van der Waals surface area contributed by atoms with E-state index >= 15 is 0 Å². The molecule has 9 heteroatoms. The Morgan fingerprint density at radius 3 is 2.78 bits per heavy atom. The third kappa shape index (κ3) is 3.44. The van der Waals surface area contributed by atoms with Gasteiger partial charge in [0.1, 0.15) is 17.1 Å². The van der Waals surface area contributed by atoms with Gasteiger partial charge >= 0.3 is 6.03 Å². The van der Waals surface area contributed by atoms with Crippen molar-refractivity contribution in [1.82, 2.24) is 10.2 Å². The number of ketones is 1. The van der Waals surface area contributed by atoms with Gasteiger partial charge in [-0.2, -0.15) is 0 Å². The topological polar surface area (TPSA) is 109 Å². The van der Waals surface area contributed by atoms with E-state index in [-0.39, 0.29) is 29.9 Å². The number of thiophene rings is 1. The van der Waals surface area contributed by atoms with Gasteiger partial charge in [-0.3, -0.25) is 19.3 Å². The molecule has 32 heavy (non-hydrogen) atoms. The molecule has 1 saturated heterocycles. The SMILES string of the molecule is CC1CCc2c(sc(NC(=O)CN3C(=O)NC(C)(C4CC4)C3=O)c2C(=O)c2ccco2)C1. The fourth-order valence-corrected chi connectivity index (χ4v) is 6.14. The van der Waals surface area contributed by atoms with Crippen molar-refractivity contribution in [2.75, 3.05) is 11.9 Å². The van der Waals surface area contributed by atoms with Crippen LogP contribution in [-0.4, -0.2) is 40.6 Å². The summed E-state index contributed by atoms with van der Waals surface area (Å²) < 4.78 is 5.31. The summed E-state index contributed by atoms with van der Waals surface area (Å²) in [6, 6.07) is 2.71. The average Bonchev–Trinajstić information content (AvgIpc) is 3.28. The number of fused-ring (bicyclic) bond motifs is 1. The van der Waals surface area contributed by atoms with Gasteiger partial charge in [0.05, 0.1) is 11.8 Å². The predicted molar refractivity (Wildman–Crippen MR) is 118 cm³/mol. The lowest BCUT2D eigenvalue weighted by atomic mass is 9.87. The second-order valence-electron chi connectivity index (χ2n) is 9.21. The lowest BCUT2D eigenvalue weighted by Gasteiger charge is -2.20. The lowest BCUT2D eigenvalue weighted by Crippen LogP contribution is -2.46. The maximum Gasteiger partial charge on any atom is 0.325 e. The molecule has 2 aliphatic carbocycles. The molecule has 8 nitrogen and oxygen atoms in total. The summed E-state index contributed by atoms with van der Waals surface area (Å²) in [5.74, 6) is -0.305. The Kier molecular flexibility index (Phi) is 4.96. The van der Waals surface area contributed by atoms with E-state index in [2.05, 4.69) is 17.6 Å². The average molecular weight is 456 g/mol. The van der Waals surface area contributed by atoms with Gasteiger partial charge in [-0.15, -0.1) is 11.3 Å². The third-order valence-electron chi connectivity index (χ3n) is 6.73. The molecular formula is C23H25N3O5S. The number of nitrogens with zero attached hydrogens (tertiary/aromatic N) is 1. The van der Waals surface area contributed by atoms with E-state index in [1.165, 1.54) is 17.6 Å². The Hall–Kier alpha value is -2.94. The van der Waals surface area contributed by atoms with Gasteiger partial charge in [0.2, 0.25) is 11.7 Å². The van der Waals surface area contributed by atoms with Crippen LogP contribution in [0.5, 0.6) is 0 Å². The van der Waals surface area contributed by atoms with Crippen molar-refractivity contribution < 1.29 is 23.6 Å². The Labute approximate surface area is 189 Å². The maximum atomic E-state index is 13.2. The fraction of sp³-hybridized carbons (Fsp3) is 0.478. The zero-order valence-corrected chi connectivity index (χ0v) is 18.8. The molecular weight excluding hydrogens is 430 g/mol. The Balaban J connectivity index is 1.39. The summed E-state index contributed by atoms with van der Waals surface area (Å²) in [7, 11) is 0. The third-order valence-corrected chi connectivity index (χ3v) is 7.90. The normalized spacial score (nSPS) is 24.9. The zero-order chi connectivity index (χ0) is 22.6. The number of nitrogens with one attached hydrogen (secondary N) is 2. The molecule has 0 aromatic carbocycles. The first-order chi connectivity index (χ1) is 15.3. The zero-order valence-electron chi connectivity index (χ0n) is 18.0. The minimum atomic E-state index is -0.935. The highest BCUT2D eigenvalue weighted by Crippen LogP contribution is 2.43. The molecule has 0 spiro atoms. The number of amides is 4. The Morgan fingerprint density at radius 2 is 2.09 bits per heavy atom. The van der Waals surface area contributed by atoms with Crippen molar-refractivity contribution in [3.8, 4) is 0 Å². The molecule has 2 N–H and O–H groups in total. The number of hydrogen-bond acceptors (Lipinski definition) is 6. The van der Waals surface area contributed by atoms with Gasteiger partial charge in [0, 0.05) is 4.88 Å². The molecule has 4 amide bonds. The minimum Gasteiger partial charge on any atom is -0.461 e. The maximum absolute atomic E-state index is 13.2. The summed E-state index contributed by atoms with van der Waals surface area (Å²) in [5.41, 5.74) is 0.483. The van der Waals surface area contributed by atoms with E-state index in [4.69, 9.17) is 4.42 Å². The standard InChI is InChI=1S/C23H25N3O5S/c1-12-5-8-14-16(10-12)32-20(18(14)19(28)15-4-3-9-31-15)24-17(27)11-26-21(29)23(2,13-6-7-13)25-22(26)30/h3-4,9,12-13H,5-8,10-11H2,1-2H3,(H,24,27)(H,25,30). The number of furan rings is 1. The molecule has 3 aliphatic rings. The molecule has 0 radical (unpaired) electrons. The van der Waals surface area contributed by atoms with Crippen LogP contribution in [0.4, 0.5) is 9.80 Å². The van der Waals surface area contributed by atoms with Crippen molar-refractivity contribution >= 4 is 40.0 Å². The van der Waals surface area contributed by atoms with Crippen molar-refractivity contribution in [1.29, 1.82) is 0 Å². The number of carbonyl (C=O) groups is 4. The predicted octanol–water partition coefficient (Wildman–Crippen LogP) is 3.36. The van der Waals surface area contributed by atoms with Gasteiger partial charge in [-0.1, -0.05) is 6.92 Å². The van der Waals surface area contributed by atoms with E-state index in [1.54, 1.807) is 19.1 Å². The van der Waals surface area contributed by atoms with Crippen LogP contribution in [0.25, 0.3) is 0 Å². The highest BCUT2D eigenvalue weighted by atomic mass is 32.1. The summed E-state index contributed by atoms with van der Waals surface area (Å²) in [5, 5.41) is 6.01. The first-order valence-corrected chi connectivity index (χ1v) is 11.8. The minimum absolute atomic E-state index is 0.121. The van der Waals surface area contributed by atoms with Crippen LogP contribution in [0, 0.1) is 11.8 Å². The van der Waals surface area contributed by atoms with Gasteiger partial charge in [-0.05, 0) is 68.6 Å². The Morgan fingerprint density at radius 1 is 1.31 bits per heavy atom. The quantitative estimate of drug-likeness (QED) is 0.513. The number of imide groups is 1. The van der Waals surface area contributed by atoms with Crippen LogP contribution >= 0.6 is 11.3 Å². The van der Waals surface area contributed by atoms with E-state index in [1.807, 2.05) is 0 Å². The highest BCUT2D eigenvalue weighted by molar-refractivity contribution is 7.17. The second kappa shape index (κ2) is 7.58. The number of hydrogen-bond donors (Lipinski definition) is 2. The number of rotatable bonds is 6. The van der Waals surface area contributed by atoms with Crippen molar-refractivity contribution in [3.05, 3.63) is 40.2 Å². The molecule has 0 bridgehead atoms. The molecule has 2 atom stereocenters. The number of anilines is 1. The van der Waals surface area contributed by atoms with Crippen molar-refractivity contribution in [2.24, 2.45) is 11.8 Å². The highest BCUT2D eigenvalue weighted by Gasteiger charge is 2.56. The van der Waals surface area contributed by atoms with E-state index < -0.39 is 17.5 Å². The van der Waals surface area contributed by atoms with Gasteiger partial charge in [0.25, 0.3) is 5.91 Å². The molecule has 1 aliphatic heterocycles. The first kappa shape index (κ1) is 20.9. The molecule has 5 rings (SSSR count). The van der Waals surface area contributed by atoms with Crippen LogP contribution in [0.15, 0.2) is 22.8 Å². The van der Waals surface area contributed by atoms with Gasteiger partial charge in [0.15, 0.2) is 5.76 Å². The van der Waals surface area contributed by atoms with E-state index in [0.717, 1.165) is 47.4 Å².